The van der Waals surface area contributed by atoms with Crippen molar-refractivity contribution < 1.29 is 34.2 Å². The highest BCUT2D eigenvalue weighted by Gasteiger charge is 2.31. The van der Waals surface area contributed by atoms with Gasteiger partial charge in [-0.05, 0) is 38.5 Å². The third-order valence-electron chi connectivity index (χ3n) is 9.77. The summed E-state index contributed by atoms with van der Waals surface area (Å²) in [4.78, 5) is 34.6. The van der Waals surface area contributed by atoms with E-state index in [2.05, 4.69) is 19.1 Å². The summed E-state index contributed by atoms with van der Waals surface area (Å²) in [5, 5.41) is 28.4. The van der Waals surface area contributed by atoms with Gasteiger partial charge in [-0.25, -0.2) is 0 Å². The maximum Gasteiger partial charge on any atom is 0.306 e. The van der Waals surface area contributed by atoms with E-state index in [1.54, 1.807) is 20.8 Å². The van der Waals surface area contributed by atoms with E-state index in [-0.39, 0.29) is 0 Å². The van der Waals surface area contributed by atoms with Crippen LogP contribution in [0.25, 0.3) is 0 Å². The number of hydrogen-bond donors (Lipinski definition) is 3. The molecule has 0 aliphatic heterocycles. The molecule has 7 nitrogen and oxygen atoms in total. The number of unbranched alkanes of at least 4 members (excludes halogenated alkanes) is 17. The SMILES string of the molecule is CCCCCC/C=C/CCCCCCCCCCCCCCC[N+](CCC(C)C(=O)O)(CCC(C)C(=O)O)CCC(C)C(=O)O. The van der Waals surface area contributed by atoms with Crippen molar-refractivity contribution in [3.05, 3.63) is 12.2 Å². The summed E-state index contributed by atoms with van der Waals surface area (Å²) in [7, 11) is 0. The molecule has 0 aromatic heterocycles. The molecule has 0 fully saturated rings. The predicted octanol–water partition coefficient (Wildman–Crippen LogP) is 10.1. The van der Waals surface area contributed by atoms with Gasteiger partial charge in [0.1, 0.15) is 0 Å². The molecule has 3 N–H and O–H groups in total. The Hall–Kier alpha value is -1.89. The van der Waals surface area contributed by atoms with Gasteiger partial charge in [-0.1, -0.05) is 123 Å². The zero-order chi connectivity index (χ0) is 33.8. The van der Waals surface area contributed by atoms with Gasteiger partial charge < -0.3 is 19.8 Å². The lowest BCUT2D eigenvalue weighted by Crippen LogP contribution is -2.52. The van der Waals surface area contributed by atoms with Crippen LogP contribution in [0.5, 0.6) is 0 Å². The van der Waals surface area contributed by atoms with E-state index in [0.29, 0.717) is 43.4 Å². The smallest absolute Gasteiger partial charge is 0.306 e. The predicted molar refractivity (Wildman–Crippen MR) is 187 cm³/mol. The van der Waals surface area contributed by atoms with Gasteiger partial charge in [-0.2, -0.15) is 0 Å². The van der Waals surface area contributed by atoms with E-state index < -0.39 is 35.7 Å². The molecule has 0 radical (unpaired) electrons. The fourth-order valence-electron chi connectivity index (χ4n) is 6.02. The first-order chi connectivity index (χ1) is 21.5. The second-order valence-corrected chi connectivity index (χ2v) is 14.0. The second-order valence-electron chi connectivity index (χ2n) is 14.0. The molecule has 45 heavy (non-hydrogen) atoms. The average Bonchev–Trinajstić information content (AvgIpc) is 3.01. The van der Waals surface area contributed by atoms with Crippen LogP contribution >= 0.6 is 0 Å². The van der Waals surface area contributed by atoms with Crippen LogP contribution in [0.1, 0.15) is 169 Å². The van der Waals surface area contributed by atoms with Gasteiger partial charge in [0.2, 0.25) is 0 Å². The number of aliphatic carboxylic acids is 3. The summed E-state index contributed by atoms with van der Waals surface area (Å²) >= 11 is 0. The summed E-state index contributed by atoms with van der Waals surface area (Å²) in [6.45, 7) is 10.2. The Kier molecular flexibility index (Phi) is 27.2. The van der Waals surface area contributed by atoms with Gasteiger partial charge in [0.15, 0.2) is 0 Å². The normalized spacial score (nSPS) is 15.1. The van der Waals surface area contributed by atoms with Crippen LogP contribution in [-0.2, 0) is 14.4 Å². The zero-order valence-corrected chi connectivity index (χ0v) is 29.8. The average molecular weight is 639 g/mol. The lowest BCUT2D eigenvalue weighted by atomic mass is 10.0. The number of rotatable bonds is 33. The van der Waals surface area contributed by atoms with Gasteiger partial charge in [0.05, 0.1) is 43.9 Å². The minimum Gasteiger partial charge on any atom is -0.481 e. The number of hydrogen-bond acceptors (Lipinski definition) is 3. The Morgan fingerprint density at radius 3 is 1.07 bits per heavy atom. The fourth-order valence-corrected chi connectivity index (χ4v) is 6.02. The Morgan fingerprint density at radius 1 is 0.467 bits per heavy atom. The minimum atomic E-state index is -0.822. The third-order valence-corrected chi connectivity index (χ3v) is 9.77. The highest BCUT2D eigenvalue weighted by Crippen LogP contribution is 2.22. The number of carboxylic acid groups (broad SMARTS) is 3. The molecule has 0 amide bonds. The quantitative estimate of drug-likeness (QED) is 0.0375. The van der Waals surface area contributed by atoms with Crippen LogP contribution < -0.4 is 0 Å². The highest BCUT2D eigenvalue weighted by atomic mass is 16.4. The van der Waals surface area contributed by atoms with Crippen LogP contribution in [0.3, 0.4) is 0 Å². The van der Waals surface area contributed by atoms with Gasteiger partial charge in [0, 0.05) is 19.3 Å². The maximum atomic E-state index is 11.5. The molecule has 0 aliphatic carbocycles. The largest absolute Gasteiger partial charge is 0.481 e. The standard InChI is InChI=1S/C38H71NO6/c1-5-6-7-8-9-10-11-12-13-14-15-16-17-18-19-20-21-22-23-24-25-29-39(30-26-33(2)36(40)41,31-27-34(3)37(42)43)32-28-35(4)38(44)45/h10-11,33-35H,5-9,12-32H2,1-4H3,(H2-,40,41,42,43,44,45)/p+1/b11-10+. The molecule has 264 valence electrons. The van der Waals surface area contributed by atoms with E-state index in [0.717, 1.165) is 19.4 Å². The van der Waals surface area contributed by atoms with Crippen LogP contribution in [0.15, 0.2) is 12.2 Å². The molecule has 0 aromatic rings. The monoisotopic (exact) mass is 639 g/mol. The second kappa shape index (κ2) is 28.3. The summed E-state index contributed by atoms with van der Waals surface area (Å²) in [5.41, 5.74) is 0. The number of allylic oxidation sites excluding steroid dienone is 2. The van der Waals surface area contributed by atoms with Crippen LogP contribution in [0.2, 0.25) is 0 Å². The first-order valence-corrected chi connectivity index (χ1v) is 18.7. The van der Waals surface area contributed by atoms with Crippen molar-refractivity contribution in [2.75, 3.05) is 26.2 Å². The molecule has 0 aliphatic rings. The molecule has 0 rings (SSSR count). The summed E-state index contributed by atoms with van der Waals surface area (Å²) in [6, 6.07) is 0. The molecule has 0 heterocycles. The first-order valence-electron chi connectivity index (χ1n) is 18.7. The lowest BCUT2D eigenvalue weighted by Gasteiger charge is -2.40. The maximum absolute atomic E-state index is 11.5. The third kappa shape index (κ3) is 24.9. The van der Waals surface area contributed by atoms with Crippen molar-refractivity contribution in [1.82, 2.24) is 0 Å². The fraction of sp³-hybridized carbons (Fsp3) is 0.868. The number of carbonyl (C=O) groups is 3. The zero-order valence-electron chi connectivity index (χ0n) is 29.8. The Labute approximate surface area is 276 Å². The van der Waals surface area contributed by atoms with Crippen molar-refractivity contribution in [2.45, 2.75) is 169 Å². The van der Waals surface area contributed by atoms with Crippen LogP contribution in [0.4, 0.5) is 0 Å². The van der Waals surface area contributed by atoms with Gasteiger partial charge >= 0.3 is 17.9 Å². The molecule has 0 saturated carbocycles. The topological polar surface area (TPSA) is 112 Å². The van der Waals surface area contributed by atoms with Crippen molar-refractivity contribution >= 4 is 17.9 Å². The Balaban J connectivity index is 4.33. The Bertz CT molecular complexity index is 722. The highest BCUT2D eigenvalue weighted by molar-refractivity contribution is 5.70. The number of quaternary nitrogens is 1. The molecule has 0 aromatic carbocycles. The van der Waals surface area contributed by atoms with E-state index in [4.69, 9.17) is 0 Å². The number of carboxylic acids is 3. The van der Waals surface area contributed by atoms with Crippen molar-refractivity contribution in [3.8, 4) is 0 Å². The Morgan fingerprint density at radius 2 is 0.756 bits per heavy atom. The van der Waals surface area contributed by atoms with Gasteiger partial charge in [-0.15, -0.1) is 0 Å². The molecule has 3 unspecified atom stereocenters. The number of nitrogens with zero attached hydrogens (tertiary/aromatic N) is 1. The van der Waals surface area contributed by atoms with Crippen LogP contribution in [-0.4, -0.2) is 63.9 Å². The van der Waals surface area contributed by atoms with E-state index in [1.807, 2.05) is 0 Å². The molecule has 0 spiro atoms. The summed E-state index contributed by atoms with van der Waals surface area (Å²) < 4.78 is 0.614. The molecular weight excluding hydrogens is 566 g/mol. The molecule has 7 heteroatoms. The first kappa shape index (κ1) is 43.1. The molecule has 0 saturated heterocycles. The minimum absolute atomic E-state index is 0.478. The van der Waals surface area contributed by atoms with E-state index >= 15 is 0 Å². The molecule has 3 atom stereocenters. The lowest BCUT2D eigenvalue weighted by molar-refractivity contribution is -0.929. The summed E-state index contributed by atoms with van der Waals surface area (Å²) in [5.74, 6) is -3.90. The molecular formula is C38H72NO6+. The van der Waals surface area contributed by atoms with Crippen molar-refractivity contribution in [2.24, 2.45) is 17.8 Å². The van der Waals surface area contributed by atoms with E-state index in [9.17, 15) is 29.7 Å². The van der Waals surface area contributed by atoms with Gasteiger partial charge in [0.25, 0.3) is 0 Å². The van der Waals surface area contributed by atoms with Crippen molar-refractivity contribution in [3.63, 3.8) is 0 Å². The van der Waals surface area contributed by atoms with E-state index in [1.165, 1.54) is 109 Å². The summed E-state index contributed by atoms with van der Waals surface area (Å²) in [6.07, 6.45) is 30.7. The molecule has 0 bridgehead atoms. The van der Waals surface area contributed by atoms with Gasteiger partial charge in [-0.3, -0.25) is 14.4 Å². The van der Waals surface area contributed by atoms with Crippen molar-refractivity contribution in [1.29, 1.82) is 0 Å². The van der Waals surface area contributed by atoms with Crippen LogP contribution in [0, 0.1) is 17.8 Å².